The lowest BCUT2D eigenvalue weighted by Gasteiger charge is -2.30. The fourth-order valence-electron chi connectivity index (χ4n) is 3.93. The first-order chi connectivity index (χ1) is 16.8. The second-order valence-electron chi connectivity index (χ2n) is 8.26. The van der Waals surface area contributed by atoms with E-state index in [1.54, 1.807) is 42.0 Å². The molecule has 0 radical (unpaired) electrons. The number of amides is 1. The van der Waals surface area contributed by atoms with Crippen LogP contribution in [0, 0.1) is 6.92 Å². The highest BCUT2D eigenvalue weighted by atomic mass is 35.5. The molecule has 5 rings (SSSR count). The van der Waals surface area contributed by atoms with Crippen LogP contribution in [0.5, 0.6) is 0 Å². The minimum absolute atomic E-state index is 0.0885. The number of carbonyl (C=O) groups is 1. The van der Waals surface area contributed by atoms with Crippen LogP contribution in [0.4, 0.5) is 5.82 Å². The largest absolute Gasteiger partial charge is 0.463 e. The molecule has 0 saturated carbocycles. The van der Waals surface area contributed by atoms with E-state index in [9.17, 15) is 13.2 Å². The summed E-state index contributed by atoms with van der Waals surface area (Å²) in [4.78, 5) is 17.4. The summed E-state index contributed by atoms with van der Waals surface area (Å²) < 4.78 is 32.9. The Labute approximate surface area is 211 Å². The lowest BCUT2D eigenvalue weighted by molar-refractivity contribution is 0.102. The molecule has 12 heteroatoms. The Kier molecular flexibility index (Phi) is 6.49. The van der Waals surface area contributed by atoms with E-state index in [1.807, 2.05) is 6.92 Å². The van der Waals surface area contributed by atoms with Gasteiger partial charge in [-0.05, 0) is 49.6 Å². The average Bonchev–Trinajstić information content (AvgIpc) is 3.62. The molecule has 1 fully saturated rings. The Hall–Kier alpha value is -2.99. The highest BCUT2D eigenvalue weighted by molar-refractivity contribution is 7.89. The van der Waals surface area contributed by atoms with E-state index in [-0.39, 0.29) is 16.7 Å². The molecular formula is C23H22ClN5O4S2. The maximum Gasteiger partial charge on any atom is 0.276 e. The van der Waals surface area contributed by atoms with E-state index in [0.29, 0.717) is 53.9 Å². The van der Waals surface area contributed by atoms with Crippen molar-refractivity contribution in [2.24, 2.45) is 0 Å². The predicted octanol–water partition coefficient (Wildman–Crippen LogP) is 4.91. The number of furan rings is 1. The number of nitrogens with one attached hydrogen (secondary N) is 2. The molecule has 0 spiro atoms. The number of aromatic nitrogens is 3. The molecule has 0 aliphatic carbocycles. The van der Waals surface area contributed by atoms with Gasteiger partial charge in [0, 0.05) is 35.5 Å². The fourth-order valence-corrected chi connectivity index (χ4v) is 6.64. The second-order valence-corrected chi connectivity index (χ2v) is 11.5. The van der Waals surface area contributed by atoms with Gasteiger partial charge < -0.3 is 9.73 Å². The van der Waals surface area contributed by atoms with Gasteiger partial charge in [0.25, 0.3) is 5.91 Å². The van der Waals surface area contributed by atoms with E-state index in [2.05, 4.69) is 20.5 Å². The zero-order valence-corrected chi connectivity index (χ0v) is 21.1. The van der Waals surface area contributed by atoms with E-state index in [0.717, 1.165) is 10.6 Å². The zero-order chi connectivity index (χ0) is 24.6. The van der Waals surface area contributed by atoms with Crippen molar-refractivity contribution in [1.82, 2.24) is 19.5 Å². The highest BCUT2D eigenvalue weighted by Gasteiger charge is 2.31. The van der Waals surface area contributed by atoms with Crippen molar-refractivity contribution in [3.05, 3.63) is 69.3 Å². The minimum Gasteiger partial charge on any atom is -0.463 e. The number of anilines is 1. The van der Waals surface area contributed by atoms with Crippen molar-refractivity contribution in [3.63, 3.8) is 0 Å². The van der Waals surface area contributed by atoms with Crippen LogP contribution < -0.4 is 5.32 Å². The molecule has 1 aliphatic rings. The summed E-state index contributed by atoms with van der Waals surface area (Å²) in [5, 5.41) is 12.6. The van der Waals surface area contributed by atoms with Crippen LogP contribution >= 0.6 is 22.9 Å². The molecule has 4 heterocycles. The molecule has 1 amide bonds. The van der Waals surface area contributed by atoms with E-state index < -0.39 is 10.0 Å². The first-order valence-electron chi connectivity index (χ1n) is 10.9. The number of piperidine rings is 1. The first kappa shape index (κ1) is 23.7. The normalized spacial score (nSPS) is 15.4. The fraction of sp³-hybridized carbons (Fsp3) is 0.261. The number of hydrogen-bond donors (Lipinski definition) is 2. The maximum atomic E-state index is 13.0. The summed E-state index contributed by atoms with van der Waals surface area (Å²) >= 11 is 7.54. The van der Waals surface area contributed by atoms with Crippen LogP contribution in [0.1, 0.15) is 39.8 Å². The number of nitrogens with zero attached hydrogens (tertiary/aromatic N) is 3. The van der Waals surface area contributed by atoms with Crippen molar-refractivity contribution >= 4 is 44.7 Å². The molecule has 9 nitrogen and oxygen atoms in total. The molecule has 1 aromatic carbocycles. The summed E-state index contributed by atoms with van der Waals surface area (Å²) in [6.07, 6.45) is 2.81. The third-order valence-corrected chi connectivity index (χ3v) is 9.25. The first-order valence-corrected chi connectivity index (χ1v) is 13.6. The number of sulfonamides is 1. The van der Waals surface area contributed by atoms with E-state index in [1.165, 1.54) is 21.7 Å². The Morgan fingerprint density at radius 2 is 2.06 bits per heavy atom. The number of hydrogen-bond acceptors (Lipinski definition) is 7. The monoisotopic (exact) mass is 531 g/mol. The Morgan fingerprint density at radius 3 is 2.77 bits per heavy atom. The summed E-state index contributed by atoms with van der Waals surface area (Å²) in [6.45, 7) is 2.59. The van der Waals surface area contributed by atoms with Crippen molar-refractivity contribution in [1.29, 1.82) is 0 Å². The van der Waals surface area contributed by atoms with Gasteiger partial charge in [-0.25, -0.2) is 13.4 Å². The van der Waals surface area contributed by atoms with E-state index in [4.69, 9.17) is 16.0 Å². The molecular weight excluding hydrogens is 510 g/mol. The van der Waals surface area contributed by atoms with Gasteiger partial charge in [-0.2, -0.15) is 9.40 Å². The van der Waals surface area contributed by atoms with Gasteiger partial charge >= 0.3 is 0 Å². The summed E-state index contributed by atoms with van der Waals surface area (Å²) in [5.41, 5.74) is 1.79. The smallest absolute Gasteiger partial charge is 0.276 e. The van der Waals surface area contributed by atoms with Crippen LogP contribution in [0.25, 0.3) is 11.5 Å². The molecule has 0 bridgehead atoms. The van der Waals surface area contributed by atoms with Crippen LogP contribution in [0.2, 0.25) is 5.02 Å². The summed E-state index contributed by atoms with van der Waals surface area (Å²) in [7, 11) is -3.61. The van der Waals surface area contributed by atoms with Gasteiger partial charge in [0.05, 0.1) is 16.2 Å². The number of halogens is 1. The van der Waals surface area contributed by atoms with Crippen molar-refractivity contribution < 1.29 is 17.6 Å². The molecule has 2 N–H and O–H groups in total. The summed E-state index contributed by atoms with van der Waals surface area (Å²) in [5.74, 6) is 0.713. The Bertz CT molecular complexity index is 1450. The van der Waals surface area contributed by atoms with Crippen molar-refractivity contribution in [2.75, 3.05) is 18.4 Å². The topological polar surface area (TPSA) is 121 Å². The quantitative estimate of drug-likeness (QED) is 0.364. The number of H-pyrrole nitrogens is 1. The van der Waals surface area contributed by atoms with Crippen molar-refractivity contribution in [2.45, 2.75) is 30.6 Å². The van der Waals surface area contributed by atoms with Gasteiger partial charge in [0.15, 0.2) is 11.6 Å². The van der Waals surface area contributed by atoms with Gasteiger partial charge in [-0.1, -0.05) is 17.7 Å². The van der Waals surface area contributed by atoms with Crippen molar-refractivity contribution in [3.8, 4) is 11.5 Å². The number of carbonyl (C=O) groups excluding carboxylic acids is 1. The van der Waals surface area contributed by atoms with E-state index >= 15 is 0 Å². The maximum absolute atomic E-state index is 13.0. The van der Waals surface area contributed by atoms with Gasteiger partial charge in [0.2, 0.25) is 10.0 Å². The van der Waals surface area contributed by atoms with Crippen LogP contribution in [-0.2, 0) is 10.0 Å². The number of aryl methyl sites for hydroxylation is 1. The third kappa shape index (κ3) is 4.90. The molecule has 1 aliphatic heterocycles. The molecule has 182 valence electrons. The summed E-state index contributed by atoms with van der Waals surface area (Å²) in [6, 6.07) is 10.0. The van der Waals surface area contributed by atoms with Crippen LogP contribution in [0.15, 0.2) is 57.4 Å². The number of aromatic amines is 1. The Morgan fingerprint density at radius 1 is 1.26 bits per heavy atom. The number of benzene rings is 1. The standard InChI is InChI=1S/C23H22ClN5O4S2/c1-14-4-5-16(11-17(14)24)35(31,32)29-8-6-15(7-9-29)23-25-19(13-34-23)22(30)26-21-12-18(27-28-21)20-3-2-10-33-20/h2-5,10-13,15H,6-9H2,1H3,(H2,26,27,28,30). The second kappa shape index (κ2) is 9.57. The van der Waals surface area contributed by atoms with Gasteiger partial charge in [-0.15, -0.1) is 11.3 Å². The lowest BCUT2D eigenvalue weighted by atomic mass is 9.99. The molecule has 3 aromatic heterocycles. The average molecular weight is 532 g/mol. The number of thiazole rings is 1. The lowest BCUT2D eigenvalue weighted by Crippen LogP contribution is -2.37. The van der Waals surface area contributed by atoms with Gasteiger partial charge in [0.1, 0.15) is 11.4 Å². The SMILES string of the molecule is Cc1ccc(S(=O)(=O)N2CCC(c3nc(C(=O)Nc4cc(-c5ccco5)[nH]n4)cs3)CC2)cc1Cl. The third-order valence-electron chi connectivity index (χ3n) is 5.94. The predicted molar refractivity (Wildman–Crippen MR) is 133 cm³/mol. The minimum atomic E-state index is -3.61. The Balaban J connectivity index is 1.20. The molecule has 0 atom stereocenters. The van der Waals surface area contributed by atoms with Gasteiger partial charge in [-0.3, -0.25) is 9.89 Å². The zero-order valence-electron chi connectivity index (χ0n) is 18.7. The van der Waals surface area contributed by atoms with Crippen LogP contribution in [-0.4, -0.2) is 46.9 Å². The molecule has 0 unspecified atom stereocenters. The number of rotatable bonds is 6. The van der Waals surface area contributed by atoms with Crippen LogP contribution in [0.3, 0.4) is 0 Å². The molecule has 35 heavy (non-hydrogen) atoms. The highest BCUT2D eigenvalue weighted by Crippen LogP contribution is 2.33. The molecule has 4 aromatic rings. The molecule has 1 saturated heterocycles.